The quantitative estimate of drug-likeness (QED) is 0.821. The molecule has 5 nitrogen and oxygen atoms in total. The first-order valence-corrected chi connectivity index (χ1v) is 8.62. The first-order chi connectivity index (χ1) is 11.0. The fourth-order valence-corrected chi connectivity index (χ4v) is 3.16. The van der Waals surface area contributed by atoms with Crippen molar-refractivity contribution in [1.82, 2.24) is 19.8 Å². The number of carbonyl (C=O) groups excluding carboxylic acids is 1. The van der Waals surface area contributed by atoms with Gasteiger partial charge >= 0.3 is 0 Å². The molecule has 0 bridgehead atoms. The van der Waals surface area contributed by atoms with Gasteiger partial charge in [0.05, 0.1) is 6.54 Å². The van der Waals surface area contributed by atoms with Gasteiger partial charge < -0.3 is 9.88 Å². The van der Waals surface area contributed by atoms with E-state index in [4.69, 9.17) is 0 Å². The van der Waals surface area contributed by atoms with Crippen molar-refractivity contribution in [3.63, 3.8) is 0 Å². The molecule has 128 valence electrons. The van der Waals surface area contributed by atoms with Crippen LogP contribution >= 0.6 is 0 Å². The van der Waals surface area contributed by atoms with Crippen molar-refractivity contribution in [2.24, 2.45) is 5.92 Å². The largest absolute Gasteiger partial charge is 0.352 e. The first kappa shape index (κ1) is 17.7. The number of hydrogen-bond donors (Lipinski definition) is 1. The van der Waals surface area contributed by atoms with Gasteiger partial charge in [-0.2, -0.15) is 0 Å². The Balaban J connectivity index is 1.85. The molecule has 0 spiro atoms. The summed E-state index contributed by atoms with van der Waals surface area (Å²) in [5.74, 6) is 1.69. The second-order valence-corrected chi connectivity index (χ2v) is 7.05. The Morgan fingerprint density at radius 1 is 1.48 bits per heavy atom. The van der Waals surface area contributed by atoms with Crippen LogP contribution in [0.25, 0.3) is 0 Å². The molecule has 1 saturated heterocycles. The number of carbonyl (C=O) groups is 1. The van der Waals surface area contributed by atoms with Crippen LogP contribution in [0, 0.1) is 5.92 Å². The Kier molecular flexibility index (Phi) is 6.39. The number of likely N-dealkylation sites (tertiary alicyclic amines) is 1. The molecule has 1 aliphatic heterocycles. The molecule has 23 heavy (non-hydrogen) atoms. The molecular weight excluding hydrogens is 288 g/mol. The zero-order chi connectivity index (χ0) is 16.8. The van der Waals surface area contributed by atoms with Gasteiger partial charge in [0.25, 0.3) is 0 Å². The molecule has 0 aliphatic carbocycles. The summed E-state index contributed by atoms with van der Waals surface area (Å²) in [4.78, 5) is 18.7. The number of rotatable bonds is 6. The van der Waals surface area contributed by atoms with Crippen molar-refractivity contribution in [1.29, 1.82) is 0 Å². The van der Waals surface area contributed by atoms with Crippen LogP contribution in [0.5, 0.6) is 0 Å². The van der Waals surface area contributed by atoms with E-state index in [1.54, 1.807) is 6.08 Å². The highest BCUT2D eigenvalue weighted by molar-refractivity contribution is 5.87. The smallest absolute Gasteiger partial charge is 0.243 e. The Labute approximate surface area is 139 Å². The molecule has 1 unspecified atom stereocenters. The van der Waals surface area contributed by atoms with Crippen molar-refractivity contribution < 1.29 is 4.79 Å². The topological polar surface area (TPSA) is 50.2 Å². The van der Waals surface area contributed by atoms with Crippen molar-refractivity contribution in [3.05, 3.63) is 29.9 Å². The highest BCUT2D eigenvalue weighted by atomic mass is 16.1. The maximum absolute atomic E-state index is 11.7. The van der Waals surface area contributed by atoms with Crippen LogP contribution in [0.4, 0.5) is 0 Å². The summed E-state index contributed by atoms with van der Waals surface area (Å²) in [7, 11) is 0. The molecule has 2 rings (SSSR count). The fourth-order valence-electron chi connectivity index (χ4n) is 3.16. The van der Waals surface area contributed by atoms with E-state index in [-0.39, 0.29) is 5.91 Å². The molecule has 2 heterocycles. The third-order valence-electron chi connectivity index (χ3n) is 4.26. The van der Waals surface area contributed by atoms with Crippen molar-refractivity contribution in [3.8, 4) is 0 Å². The number of aromatic nitrogens is 2. The number of hydrogen-bond acceptors (Lipinski definition) is 3. The maximum atomic E-state index is 11.7. The molecule has 5 heteroatoms. The summed E-state index contributed by atoms with van der Waals surface area (Å²) in [5.41, 5.74) is 1.04. The molecule has 1 aliphatic rings. The third-order valence-corrected chi connectivity index (χ3v) is 4.26. The standard InChI is InChI=1S/C18H30N4O/c1-14(2)10-18(23)20-11-16-6-5-8-21(12-16)13-17-19-7-9-22(17)15(3)4/h7,9-10,15-16H,5-6,8,11-13H2,1-4H3,(H,20,23). The molecule has 1 fully saturated rings. The van der Waals surface area contributed by atoms with Gasteiger partial charge in [-0.05, 0) is 53.0 Å². The summed E-state index contributed by atoms with van der Waals surface area (Å²) in [6, 6.07) is 0.441. The summed E-state index contributed by atoms with van der Waals surface area (Å²) in [6.45, 7) is 12.0. The minimum Gasteiger partial charge on any atom is -0.352 e. The molecule has 0 radical (unpaired) electrons. The number of nitrogens with zero attached hydrogens (tertiary/aromatic N) is 3. The van der Waals surface area contributed by atoms with Gasteiger partial charge in [-0.15, -0.1) is 0 Å². The van der Waals surface area contributed by atoms with E-state index in [0.29, 0.717) is 12.0 Å². The van der Waals surface area contributed by atoms with E-state index in [1.807, 2.05) is 20.0 Å². The van der Waals surface area contributed by atoms with Crippen LogP contribution in [0.1, 0.15) is 52.4 Å². The second kappa shape index (κ2) is 8.29. The molecule has 1 N–H and O–H groups in total. The minimum atomic E-state index is 0.0254. The Morgan fingerprint density at radius 2 is 2.26 bits per heavy atom. The average Bonchev–Trinajstić information content (AvgIpc) is 2.93. The van der Waals surface area contributed by atoms with E-state index in [2.05, 4.69) is 39.8 Å². The summed E-state index contributed by atoms with van der Waals surface area (Å²) in [5, 5.41) is 3.03. The van der Waals surface area contributed by atoms with Crippen LogP contribution < -0.4 is 5.32 Å². The highest BCUT2D eigenvalue weighted by Crippen LogP contribution is 2.18. The predicted octanol–water partition coefficient (Wildman–Crippen LogP) is 2.76. The molecule has 1 aromatic rings. The fraction of sp³-hybridized carbons (Fsp3) is 0.667. The van der Waals surface area contributed by atoms with Gasteiger partial charge in [0.2, 0.25) is 5.91 Å². The first-order valence-electron chi connectivity index (χ1n) is 8.62. The van der Waals surface area contributed by atoms with Crippen LogP contribution in [0.2, 0.25) is 0 Å². The van der Waals surface area contributed by atoms with E-state index in [0.717, 1.165) is 37.6 Å². The number of imidazole rings is 1. The van der Waals surface area contributed by atoms with Gasteiger partial charge in [-0.3, -0.25) is 9.69 Å². The summed E-state index contributed by atoms with van der Waals surface area (Å²) in [6.07, 6.45) is 7.98. The number of amides is 1. The van der Waals surface area contributed by atoms with E-state index in [9.17, 15) is 4.79 Å². The van der Waals surface area contributed by atoms with Crippen LogP contribution in [-0.2, 0) is 11.3 Å². The number of allylic oxidation sites excluding steroid dienone is 1. The molecule has 0 aromatic carbocycles. The average molecular weight is 318 g/mol. The molecule has 0 saturated carbocycles. The van der Waals surface area contributed by atoms with Crippen molar-refractivity contribution >= 4 is 5.91 Å². The number of nitrogens with one attached hydrogen (secondary N) is 1. The Bertz CT molecular complexity index is 543. The third kappa shape index (κ3) is 5.50. The molecule has 1 atom stereocenters. The van der Waals surface area contributed by atoms with E-state index >= 15 is 0 Å². The normalized spacial score (nSPS) is 18.9. The maximum Gasteiger partial charge on any atom is 0.243 e. The SMILES string of the molecule is CC(C)=CC(=O)NCC1CCCN(Cc2nccn2C(C)C)C1. The van der Waals surface area contributed by atoms with Crippen molar-refractivity contribution in [2.45, 2.75) is 53.1 Å². The zero-order valence-corrected chi connectivity index (χ0v) is 14.9. The lowest BCUT2D eigenvalue weighted by Gasteiger charge is -2.32. The molecule has 1 amide bonds. The minimum absolute atomic E-state index is 0.0254. The molecular formula is C18H30N4O. The van der Waals surface area contributed by atoms with Crippen LogP contribution in [-0.4, -0.2) is 40.0 Å². The van der Waals surface area contributed by atoms with Gasteiger partial charge in [-0.1, -0.05) is 5.57 Å². The predicted molar refractivity (Wildman–Crippen MR) is 93.1 cm³/mol. The summed E-state index contributed by atoms with van der Waals surface area (Å²) >= 11 is 0. The van der Waals surface area contributed by atoms with Gasteiger partial charge in [0.1, 0.15) is 5.82 Å². The van der Waals surface area contributed by atoms with Gasteiger partial charge in [0.15, 0.2) is 0 Å². The van der Waals surface area contributed by atoms with Gasteiger partial charge in [0, 0.05) is 37.6 Å². The van der Waals surface area contributed by atoms with Crippen LogP contribution in [0.3, 0.4) is 0 Å². The second-order valence-electron chi connectivity index (χ2n) is 7.05. The van der Waals surface area contributed by atoms with E-state index < -0.39 is 0 Å². The van der Waals surface area contributed by atoms with Crippen LogP contribution in [0.15, 0.2) is 24.0 Å². The summed E-state index contributed by atoms with van der Waals surface area (Å²) < 4.78 is 2.24. The lowest BCUT2D eigenvalue weighted by molar-refractivity contribution is -0.116. The van der Waals surface area contributed by atoms with Crippen molar-refractivity contribution in [2.75, 3.05) is 19.6 Å². The zero-order valence-electron chi connectivity index (χ0n) is 14.9. The molecule has 1 aromatic heterocycles. The monoisotopic (exact) mass is 318 g/mol. The van der Waals surface area contributed by atoms with E-state index in [1.165, 1.54) is 12.8 Å². The Hall–Kier alpha value is -1.62. The number of piperidine rings is 1. The highest BCUT2D eigenvalue weighted by Gasteiger charge is 2.21. The Morgan fingerprint density at radius 3 is 2.96 bits per heavy atom. The lowest BCUT2D eigenvalue weighted by atomic mass is 9.98. The lowest BCUT2D eigenvalue weighted by Crippen LogP contribution is -2.40. The van der Waals surface area contributed by atoms with Gasteiger partial charge in [-0.25, -0.2) is 4.98 Å².